The summed E-state index contributed by atoms with van der Waals surface area (Å²) in [7, 11) is 0. The van der Waals surface area contributed by atoms with Crippen LogP contribution in [0.15, 0.2) is 0 Å². The van der Waals surface area contributed by atoms with Crippen molar-refractivity contribution < 1.29 is 4.79 Å². The monoisotopic (exact) mass is 195 g/mol. The van der Waals surface area contributed by atoms with Crippen LogP contribution in [0.3, 0.4) is 0 Å². The van der Waals surface area contributed by atoms with Crippen molar-refractivity contribution in [1.82, 2.24) is 4.90 Å². The SMILES string of the molecule is CC1C(=O)CCN(CC2CCC2)C1C. The molecule has 2 fully saturated rings. The lowest BCUT2D eigenvalue weighted by molar-refractivity contribution is -0.128. The maximum Gasteiger partial charge on any atom is 0.138 e. The zero-order valence-electron chi connectivity index (χ0n) is 9.33. The normalized spacial score (nSPS) is 35.7. The highest BCUT2D eigenvalue weighted by Crippen LogP contribution is 2.30. The molecular weight excluding hydrogens is 174 g/mol. The first kappa shape index (κ1) is 10.2. The summed E-state index contributed by atoms with van der Waals surface area (Å²) in [6, 6.07) is 0.469. The summed E-state index contributed by atoms with van der Waals surface area (Å²) in [5.74, 6) is 1.64. The maximum atomic E-state index is 11.5. The zero-order valence-corrected chi connectivity index (χ0v) is 9.33. The van der Waals surface area contributed by atoms with Gasteiger partial charge in [0.05, 0.1) is 0 Å². The Morgan fingerprint density at radius 2 is 2.07 bits per heavy atom. The van der Waals surface area contributed by atoms with Gasteiger partial charge in [0, 0.05) is 31.5 Å². The summed E-state index contributed by atoms with van der Waals surface area (Å²) in [4.78, 5) is 14.0. The van der Waals surface area contributed by atoms with Crippen LogP contribution in [0.2, 0.25) is 0 Å². The minimum atomic E-state index is 0.254. The number of Topliss-reactive ketones (excluding diaryl/α,β-unsaturated/α-hetero) is 1. The highest BCUT2D eigenvalue weighted by atomic mass is 16.1. The van der Waals surface area contributed by atoms with E-state index in [2.05, 4.69) is 18.7 Å². The highest BCUT2D eigenvalue weighted by Gasteiger charge is 2.32. The Bertz CT molecular complexity index is 222. The molecule has 1 heterocycles. The van der Waals surface area contributed by atoms with Gasteiger partial charge >= 0.3 is 0 Å². The predicted octanol–water partition coefficient (Wildman–Crippen LogP) is 2.09. The topological polar surface area (TPSA) is 20.3 Å². The molecule has 1 aliphatic heterocycles. The molecule has 0 N–H and O–H groups in total. The van der Waals surface area contributed by atoms with Crippen LogP contribution >= 0.6 is 0 Å². The number of hydrogen-bond donors (Lipinski definition) is 0. The molecule has 0 spiro atoms. The van der Waals surface area contributed by atoms with E-state index >= 15 is 0 Å². The van der Waals surface area contributed by atoms with Gasteiger partial charge in [0.2, 0.25) is 0 Å². The van der Waals surface area contributed by atoms with Crippen LogP contribution in [0.4, 0.5) is 0 Å². The first-order chi connectivity index (χ1) is 6.68. The number of hydrogen-bond acceptors (Lipinski definition) is 2. The Kier molecular flexibility index (Phi) is 2.91. The van der Waals surface area contributed by atoms with E-state index in [0.717, 1.165) is 18.9 Å². The number of ketones is 1. The number of piperidine rings is 1. The van der Waals surface area contributed by atoms with E-state index in [4.69, 9.17) is 0 Å². The summed E-state index contributed by atoms with van der Waals surface area (Å²) < 4.78 is 0. The number of nitrogens with zero attached hydrogens (tertiary/aromatic N) is 1. The third-order valence-electron chi connectivity index (χ3n) is 4.17. The molecule has 2 unspecified atom stereocenters. The molecule has 2 heteroatoms. The van der Waals surface area contributed by atoms with E-state index in [-0.39, 0.29) is 5.92 Å². The van der Waals surface area contributed by atoms with Gasteiger partial charge in [-0.15, -0.1) is 0 Å². The van der Waals surface area contributed by atoms with Gasteiger partial charge in [-0.25, -0.2) is 0 Å². The predicted molar refractivity (Wildman–Crippen MR) is 57.2 cm³/mol. The summed E-state index contributed by atoms with van der Waals surface area (Å²) in [6.07, 6.45) is 5.01. The van der Waals surface area contributed by atoms with E-state index in [1.54, 1.807) is 0 Å². The average Bonchev–Trinajstić information content (AvgIpc) is 2.10. The third kappa shape index (κ3) is 1.85. The maximum absolute atomic E-state index is 11.5. The van der Waals surface area contributed by atoms with Crippen molar-refractivity contribution in [3.05, 3.63) is 0 Å². The molecule has 1 saturated carbocycles. The summed E-state index contributed by atoms with van der Waals surface area (Å²) in [5.41, 5.74) is 0. The molecule has 2 nitrogen and oxygen atoms in total. The fourth-order valence-electron chi connectivity index (χ4n) is 2.53. The number of carbonyl (C=O) groups excluding carboxylic acids is 1. The van der Waals surface area contributed by atoms with Gasteiger partial charge in [0.1, 0.15) is 5.78 Å². The lowest BCUT2D eigenvalue weighted by Gasteiger charge is -2.40. The van der Waals surface area contributed by atoms with Gasteiger partial charge in [-0.3, -0.25) is 9.69 Å². The molecule has 0 aromatic heterocycles. The molecule has 0 aromatic rings. The second-order valence-corrected chi connectivity index (χ2v) is 5.04. The number of carbonyl (C=O) groups is 1. The van der Waals surface area contributed by atoms with Crippen LogP contribution in [0.25, 0.3) is 0 Å². The van der Waals surface area contributed by atoms with E-state index in [1.807, 2.05) is 0 Å². The third-order valence-corrected chi connectivity index (χ3v) is 4.17. The quantitative estimate of drug-likeness (QED) is 0.672. The molecule has 1 aliphatic carbocycles. The van der Waals surface area contributed by atoms with Crippen molar-refractivity contribution in [2.24, 2.45) is 11.8 Å². The average molecular weight is 195 g/mol. The van der Waals surface area contributed by atoms with Crippen molar-refractivity contribution in [2.45, 2.75) is 45.6 Å². The molecule has 0 radical (unpaired) electrons. The lowest BCUT2D eigenvalue weighted by Crippen LogP contribution is -2.49. The van der Waals surface area contributed by atoms with Crippen LogP contribution in [-0.4, -0.2) is 29.8 Å². The Balaban J connectivity index is 1.88. The largest absolute Gasteiger partial charge is 0.299 e. The van der Waals surface area contributed by atoms with Gasteiger partial charge in [-0.2, -0.15) is 0 Å². The molecule has 2 atom stereocenters. The van der Waals surface area contributed by atoms with Gasteiger partial charge in [0.25, 0.3) is 0 Å². The van der Waals surface area contributed by atoms with Crippen LogP contribution in [-0.2, 0) is 4.79 Å². The van der Waals surface area contributed by atoms with Gasteiger partial charge in [-0.1, -0.05) is 13.3 Å². The second-order valence-electron chi connectivity index (χ2n) is 5.04. The molecule has 14 heavy (non-hydrogen) atoms. The Morgan fingerprint density at radius 1 is 1.36 bits per heavy atom. The lowest BCUT2D eigenvalue weighted by atomic mass is 9.83. The van der Waals surface area contributed by atoms with Crippen LogP contribution in [0.1, 0.15) is 39.5 Å². The van der Waals surface area contributed by atoms with Crippen molar-refractivity contribution in [3.63, 3.8) is 0 Å². The van der Waals surface area contributed by atoms with Crippen molar-refractivity contribution in [2.75, 3.05) is 13.1 Å². The summed E-state index contributed by atoms with van der Waals surface area (Å²) >= 11 is 0. The summed E-state index contributed by atoms with van der Waals surface area (Å²) in [5, 5.41) is 0. The number of likely N-dealkylation sites (tertiary alicyclic amines) is 1. The van der Waals surface area contributed by atoms with Gasteiger partial charge < -0.3 is 0 Å². The highest BCUT2D eigenvalue weighted by molar-refractivity contribution is 5.82. The molecule has 2 aliphatic rings. The zero-order chi connectivity index (χ0) is 10.1. The Labute approximate surface area is 86.7 Å². The molecule has 80 valence electrons. The van der Waals surface area contributed by atoms with Gasteiger partial charge in [0.15, 0.2) is 0 Å². The smallest absolute Gasteiger partial charge is 0.138 e. The van der Waals surface area contributed by atoms with Crippen LogP contribution < -0.4 is 0 Å². The first-order valence-corrected chi connectivity index (χ1v) is 5.95. The minimum Gasteiger partial charge on any atom is -0.299 e. The fourth-order valence-corrected chi connectivity index (χ4v) is 2.53. The van der Waals surface area contributed by atoms with Crippen LogP contribution in [0, 0.1) is 11.8 Å². The number of rotatable bonds is 2. The molecule has 1 saturated heterocycles. The molecule has 0 bridgehead atoms. The van der Waals surface area contributed by atoms with E-state index in [0.29, 0.717) is 11.8 Å². The first-order valence-electron chi connectivity index (χ1n) is 5.95. The van der Waals surface area contributed by atoms with E-state index in [1.165, 1.54) is 25.8 Å². The fraction of sp³-hybridized carbons (Fsp3) is 0.917. The molecular formula is C12H21NO. The molecule has 0 amide bonds. The Hall–Kier alpha value is -0.370. The molecule has 0 aromatic carbocycles. The van der Waals surface area contributed by atoms with Crippen molar-refractivity contribution in [3.8, 4) is 0 Å². The van der Waals surface area contributed by atoms with E-state index in [9.17, 15) is 4.79 Å². The Morgan fingerprint density at radius 3 is 2.64 bits per heavy atom. The summed E-state index contributed by atoms with van der Waals surface area (Å²) in [6.45, 7) is 6.53. The second kappa shape index (κ2) is 4.01. The molecule has 2 rings (SSSR count). The van der Waals surface area contributed by atoms with Crippen LogP contribution in [0.5, 0.6) is 0 Å². The van der Waals surface area contributed by atoms with Crippen molar-refractivity contribution in [1.29, 1.82) is 0 Å². The van der Waals surface area contributed by atoms with Gasteiger partial charge in [-0.05, 0) is 25.7 Å². The van der Waals surface area contributed by atoms with Crippen molar-refractivity contribution >= 4 is 5.78 Å². The van der Waals surface area contributed by atoms with E-state index < -0.39 is 0 Å². The minimum absolute atomic E-state index is 0.254. The standard InChI is InChI=1S/C12H21NO/c1-9-10(2)13(7-6-12(9)14)8-11-4-3-5-11/h9-11H,3-8H2,1-2H3.